The van der Waals surface area contributed by atoms with Crippen molar-refractivity contribution in [3.05, 3.63) is 12.3 Å². The Hall–Kier alpha value is -0.790. The van der Waals surface area contributed by atoms with Gasteiger partial charge in [-0.25, -0.2) is 0 Å². The van der Waals surface area contributed by atoms with Gasteiger partial charge in [0.05, 0.1) is 5.41 Å². The van der Waals surface area contributed by atoms with Crippen molar-refractivity contribution in [2.45, 2.75) is 27.7 Å². The summed E-state index contributed by atoms with van der Waals surface area (Å²) in [5, 5.41) is 0. The number of esters is 1. The fourth-order valence-corrected chi connectivity index (χ4v) is 0.971. The van der Waals surface area contributed by atoms with E-state index in [0.717, 1.165) is 0 Å². The minimum Gasteiger partial charge on any atom is -0.431 e. The molecule has 2 nitrogen and oxygen atoms in total. The fraction of sp³-hybridized carbons (Fsp3) is 0.667. The summed E-state index contributed by atoms with van der Waals surface area (Å²) in [7, 11) is 0. The lowest BCUT2D eigenvalue weighted by Gasteiger charge is -2.28. The van der Waals surface area contributed by atoms with Gasteiger partial charge in [-0.05, 0) is 13.8 Å². The second-order valence-corrected chi connectivity index (χ2v) is 4.06. The number of cyclic esters (lactones) is 1. The Morgan fingerprint density at radius 3 is 1.73 bits per heavy atom. The maximum Gasteiger partial charge on any atom is 0.317 e. The van der Waals surface area contributed by atoms with Gasteiger partial charge >= 0.3 is 5.97 Å². The van der Waals surface area contributed by atoms with Crippen LogP contribution in [0.1, 0.15) is 27.7 Å². The van der Waals surface area contributed by atoms with Gasteiger partial charge in [-0.15, -0.1) is 0 Å². The molecule has 0 radical (unpaired) electrons. The van der Waals surface area contributed by atoms with Gasteiger partial charge in [-0.2, -0.15) is 0 Å². The molecule has 1 aliphatic heterocycles. The predicted molar refractivity (Wildman–Crippen MR) is 42.8 cm³/mol. The number of ether oxygens (including phenoxy) is 1. The summed E-state index contributed by atoms with van der Waals surface area (Å²) in [6, 6.07) is 0. The van der Waals surface area contributed by atoms with Crippen molar-refractivity contribution in [2.24, 2.45) is 10.8 Å². The van der Waals surface area contributed by atoms with Crippen molar-refractivity contribution in [3.8, 4) is 0 Å². The topological polar surface area (TPSA) is 26.3 Å². The molecule has 1 saturated heterocycles. The predicted octanol–water partition coefficient (Wildman–Crippen LogP) is 2.11. The molecular weight excluding hydrogens is 140 g/mol. The lowest BCUT2D eigenvalue weighted by molar-refractivity contribution is -0.143. The van der Waals surface area contributed by atoms with Crippen LogP contribution in [0.3, 0.4) is 0 Å². The van der Waals surface area contributed by atoms with Crippen LogP contribution in [0.5, 0.6) is 0 Å². The molecule has 1 aliphatic rings. The van der Waals surface area contributed by atoms with Gasteiger partial charge in [0.15, 0.2) is 0 Å². The smallest absolute Gasteiger partial charge is 0.317 e. The lowest BCUT2D eigenvalue weighted by Crippen LogP contribution is -2.32. The highest BCUT2D eigenvalue weighted by Gasteiger charge is 2.53. The molecule has 0 spiro atoms. The molecular formula is C9H14O2. The molecule has 0 atom stereocenters. The van der Waals surface area contributed by atoms with E-state index in [-0.39, 0.29) is 11.4 Å². The van der Waals surface area contributed by atoms with E-state index in [1.54, 1.807) is 0 Å². The minimum atomic E-state index is -0.440. The van der Waals surface area contributed by atoms with Crippen molar-refractivity contribution in [3.63, 3.8) is 0 Å². The summed E-state index contributed by atoms with van der Waals surface area (Å²) in [5.74, 6) is 0.403. The Morgan fingerprint density at radius 2 is 1.64 bits per heavy atom. The normalized spacial score (nSPS) is 26.9. The van der Waals surface area contributed by atoms with Crippen LogP contribution in [0.15, 0.2) is 12.3 Å². The molecule has 0 aromatic rings. The van der Waals surface area contributed by atoms with E-state index < -0.39 is 5.41 Å². The number of carbonyl (C=O) groups excluding carboxylic acids is 1. The third-order valence-electron chi connectivity index (χ3n) is 2.99. The minimum absolute atomic E-state index is 0.174. The van der Waals surface area contributed by atoms with Gasteiger partial charge < -0.3 is 4.74 Å². The molecule has 0 saturated carbocycles. The Bertz CT molecular complexity index is 200. The van der Waals surface area contributed by atoms with E-state index in [4.69, 9.17) is 4.74 Å². The standard InChI is InChI=1S/C9H14O2/c1-6-8(2,3)9(4,5)7(10)11-6/h1H2,2-5H3. The molecule has 62 valence electrons. The monoisotopic (exact) mass is 154 g/mol. The first-order valence-corrected chi connectivity index (χ1v) is 3.72. The number of allylic oxidation sites excluding steroid dienone is 1. The highest BCUT2D eigenvalue weighted by molar-refractivity contribution is 5.81. The molecule has 1 rings (SSSR count). The first kappa shape index (κ1) is 8.31. The van der Waals surface area contributed by atoms with Crippen molar-refractivity contribution in [1.82, 2.24) is 0 Å². The van der Waals surface area contributed by atoms with Crippen molar-refractivity contribution >= 4 is 5.97 Å². The molecule has 2 heteroatoms. The van der Waals surface area contributed by atoms with Crippen LogP contribution in [0, 0.1) is 10.8 Å². The van der Waals surface area contributed by atoms with Crippen LogP contribution in [0.2, 0.25) is 0 Å². The molecule has 0 aliphatic carbocycles. The third-order valence-corrected chi connectivity index (χ3v) is 2.99. The number of hydrogen-bond donors (Lipinski definition) is 0. The third kappa shape index (κ3) is 0.817. The van der Waals surface area contributed by atoms with E-state index in [0.29, 0.717) is 5.76 Å². The Kier molecular flexibility index (Phi) is 1.41. The molecule has 0 amide bonds. The molecule has 1 fully saturated rings. The quantitative estimate of drug-likeness (QED) is 0.499. The van der Waals surface area contributed by atoms with Gasteiger partial charge in [0.2, 0.25) is 0 Å². The van der Waals surface area contributed by atoms with Gasteiger partial charge in [0, 0.05) is 5.41 Å². The van der Waals surface area contributed by atoms with Crippen LogP contribution in [-0.4, -0.2) is 5.97 Å². The lowest BCUT2D eigenvalue weighted by atomic mass is 9.69. The highest BCUT2D eigenvalue weighted by Crippen LogP contribution is 2.50. The highest BCUT2D eigenvalue weighted by atomic mass is 16.5. The summed E-state index contributed by atoms with van der Waals surface area (Å²) in [5.41, 5.74) is -0.686. The Labute approximate surface area is 67.2 Å². The molecule has 0 unspecified atom stereocenters. The second kappa shape index (κ2) is 1.87. The van der Waals surface area contributed by atoms with Crippen molar-refractivity contribution < 1.29 is 9.53 Å². The van der Waals surface area contributed by atoms with Gasteiger partial charge in [-0.1, -0.05) is 20.4 Å². The molecule has 0 N–H and O–H groups in total. The van der Waals surface area contributed by atoms with Gasteiger partial charge in [0.1, 0.15) is 5.76 Å². The van der Waals surface area contributed by atoms with E-state index in [9.17, 15) is 4.79 Å². The molecule has 0 bridgehead atoms. The number of hydrogen-bond acceptors (Lipinski definition) is 2. The van der Waals surface area contributed by atoms with Crippen molar-refractivity contribution in [1.29, 1.82) is 0 Å². The SMILES string of the molecule is C=C1OC(=O)C(C)(C)C1(C)C. The maximum absolute atomic E-state index is 11.2. The van der Waals surface area contributed by atoms with Crippen LogP contribution < -0.4 is 0 Å². The van der Waals surface area contributed by atoms with E-state index >= 15 is 0 Å². The summed E-state index contributed by atoms with van der Waals surface area (Å²) in [4.78, 5) is 11.2. The van der Waals surface area contributed by atoms with Crippen LogP contribution in [0.25, 0.3) is 0 Å². The van der Waals surface area contributed by atoms with Gasteiger partial charge in [-0.3, -0.25) is 4.79 Å². The summed E-state index contributed by atoms with van der Waals surface area (Å²) in [6.45, 7) is 11.4. The van der Waals surface area contributed by atoms with E-state index in [1.165, 1.54) is 0 Å². The van der Waals surface area contributed by atoms with Gasteiger partial charge in [0.25, 0.3) is 0 Å². The number of rotatable bonds is 0. The summed E-state index contributed by atoms with van der Waals surface area (Å²) < 4.78 is 4.96. The summed E-state index contributed by atoms with van der Waals surface area (Å²) >= 11 is 0. The first-order chi connectivity index (χ1) is 4.80. The average Bonchev–Trinajstić information content (AvgIpc) is 1.95. The van der Waals surface area contributed by atoms with E-state index in [1.807, 2.05) is 27.7 Å². The zero-order valence-corrected chi connectivity index (χ0v) is 7.52. The molecule has 0 aromatic carbocycles. The Balaban J connectivity index is 3.15. The van der Waals surface area contributed by atoms with Crippen LogP contribution in [0.4, 0.5) is 0 Å². The van der Waals surface area contributed by atoms with E-state index in [2.05, 4.69) is 6.58 Å². The Morgan fingerprint density at radius 1 is 1.18 bits per heavy atom. The molecule has 0 aromatic heterocycles. The summed E-state index contributed by atoms with van der Waals surface area (Å²) in [6.07, 6.45) is 0. The van der Waals surface area contributed by atoms with Crippen molar-refractivity contribution in [2.75, 3.05) is 0 Å². The second-order valence-electron chi connectivity index (χ2n) is 4.06. The first-order valence-electron chi connectivity index (χ1n) is 3.72. The molecule has 11 heavy (non-hydrogen) atoms. The number of carbonyl (C=O) groups is 1. The molecule has 1 heterocycles. The fourth-order valence-electron chi connectivity index (χ4n) is 0.971. The van der Waals surface area contributed by atoms with Crippen LogP contribution >= 0.6 is 0 Å². The largest absolute Gasteiger partial charge is 0.431 e. The zero-order chi connectivity index (χ0) is 8.86. The van der Waals surface area contributed by atoms with Crippen LogP contribution in [-0.2, 0) is 9.53 Å². The zero-order valence-electron chi connectivity index (χ0n) is 7.52. The average molecular weight is 154 g/mol. The maximum atomic E-state index is 11.2.